The molecular weight excluding hydrogens is 268 g/mol. The number of ether oxygens (including phenoxy) is 1. The molecule has 112 valence electrons. The first kappa shape index (κ1) is 13.9. The first-order valence-corrected chi connectivity index (χ1v) is 7.40. The van der Waals surface area contributed by atoms with Crippen molar-refractivity contribution < 1.29 is 14.3 Å². The molecule has 1 fully saturated rings. The highest BCUT2D eigenvalue weighted by Crippen LogP contribution is 2.33. The zero-order valence-corrected chi connectivity index (χ0v) is 12.4. The molecule has 5 heteroatoms. The molecule has 0 spiro atoms. The van der Waals surface area contributed by atoms with E-state index < -0.39 is 6.10 Å². The van der Waals surface area contributed by atoms with Crippen LogP contribution in [0.3, 0.4) is 0 Å². The monoisotopic (exact) mass is 288 g/mol. The van der Waals surface area contributed by atoms with Gasteiger partial charge in [0.15, 0.2) is 6.10 Å². The number of rotatable bonds is 4. The van der Waals surface area contributed by atoms with Crippen LogP contribution >= 0.6 is 0 Å². The number of benzene rings is 1. The smallest absolute Gasteiger partial charge is 0.267 e. The van der Waals surface area contributed by atoms with Crippen molar-refractivity contribution in [3.05, 3.63) is 24.3 Å². The van der Waals surface area contributed by atoms with Crippen LogP contribution in [0.15, 0.2) is 24.3 Å². The van der Waals surface area contributed by atoms with Crippen LogP contribution in [0.25, 0.3) is 0 Å². The summed E-state index contributed by atoms with van der Waals surface area (Å²) >= 11 is 0. The average molecular weight is 288 g/mol. The molecule has 1 aromatic carbocycles. The maximum absolute atomic E-state index is 12.3. The average Bonchev–Trinajstić information content (AvgIpc) is 3.31. The van der Waals surface area contributed by atoms with Crippen molar-refractivity contribution in [2.24, 2.45) is 0 Å². The summed E-state index contributed by atoms with van der Waals surface area (Å²) in [4.78, 5) is 27.9. The Morgan fingerprint density at radius 2 is 2.10 bits per heavy atom. The first-order chi connectivity index (χ1) is 10.1. The molecule has 3 rings (SSSR count). The minimum Gasteiger partial charge on any atom is -0.479 e. The van der Waals surface area contributed by atoms with Gasteiger partial charge in [0.1, 0.15) is 5.75 Å². The van der Waals surface area contributed by atoms with E-state index in [9.17, 15) is 9.59 Å². The van der Waals surface area contributed by atoms with Crippen LogP contribution < -0.4 is 9.64 Å². The van der Waals surface area contributed by atoms with Gasteiger partial charge in [-0.15, -0.1) is 0 Å². The molecule has 0 radical (unpaired) electrons. The molecule has 1 heterocycles. The van der Waals surface area contributed by atoms with Gasteiger partial charge in [0, 0.05) is 26.1 Å². The Hall–Kier alpha value is -2.04. The third kappa shape index (κ3) is 2.73. The molecule has 0 N–H and O–H groups in total. The second-order valence-electron chi connectivity index (χ2n) is 5.70. The number of amides is 2. The van der Waals surface area contributed by atoms with Crippen LogP contribution in [-0.4, -0.2) is 42.5 Å². The number of carbonyl (C=O) groups excluding carboxylic acids is 2. The summed E-state index contributed by atoms with van der Waals surface area (Å²) in [6, 6.07) is 7.86. The summed E-state index contributed by atoms with van der Waals surface area (Å²) in [5, 5.41) is 0. The molecule has 1 atom stereocenters. The van der Waals surface area contributed by atoms with E-state index in [0.717, 1.165) is 18.5 Å². The van der Waals surface area contributed by atoms with E-state index in [1.54, 1.807) is 16.7 Å². The highest BCUT2D eigenvalue weighted by Gasteiger charge is 2.33. The lowest BCUT2D eigenvalue weighted by Crippen LogP contribution is -2.46. The lowest BCUT2D eigenvalue weighted by Gasteiger charge is -2.33. The van der Waals surface area contributed by atoms with Crippen molar-refractivity contribution in [2.45, 2.75) is 38.3 Å². The van der Waals surface area contributed by atoms with Gasteiger partial charge >= 0.3 is 0 Å². The largest absolute Gasteiger partial charge is 0.479 e. The fraction of sp³-hybridized carbons (Fsp3) is 0.500. The summed E-state index contributed by atoms with van der Waals surface area (Å²) in [5.74, 6) is 0.713. The molecule has 2 amide bonds. The molecular formula is C16H20N2O3. The number of hydrogen-bond donors (Lipinski definition) is 0. The van der Waals surface area contributed by atoms with Gasteiger partial charge < -0.3 is 14.5 Å². The van der Waals surface area contributed by atoms with Gasteiger partial charge in [0.25, 0.3) is 5.91 Å². The number of fused-ring (bicyclic) bond motifs is 1. The van der Waals surface area contributed by atoms with Crippen LogP contribution in [0.2, 0.25) is 0 Å². The molecule has 21 heavy (non-hydrogen) atoms. The summed E-state index contributed by atoms with van der Waals surface area (Å²) in [7, 11) is 1.84. The lowest BCUT2D eigenvalue weighted by molar-refractivity contribution is -0.130. The number of nitrogens with zero attached hydrogens (tertiary/aromatic N) is 2. The highest BCUT2D eigenvalue weighted by molar-refractivity contribution is 6.00. The molecule has 0 unspecified atom stereocenters. The molecule has 0 aromatic heterocycles. The van der Waals surface area contributed by atoms with E-state index in [2.05, 4.69) is 0 Å². The van der Waals surface area contributed by atoms with Crippen molar-refractivity contribution in [3.8, 4) is 5.75 Å². The standard InChI is InChI=1S/C16H20N2O3/c1-11-16(20)18(13-5-3-4-6-14(13)21-11)10-9-15(19)17(2)12-7-8-12/h3-6,11-12H,7-10H2,1-2H3/t11-/m0/s1. The predicted octanol–water partition coefficient (Wildman–Crippen LogP) is 1.81. The molecule has 1 saturated carbocycles. The van der Waals surface area contributed by atoms with Crippen LogP contribution in [0.5, 0.6) is 5.75 Å². The number of hydrogen-bond acceptors (Lipinski definition) is 3. The van der Waals surface area contributed by atoms with E-state index in [1.165, 1.54) is 0 Å². The van der Waals surface area contributed by atoms with Gasteiger partial charge in [0.05, 0.1) is 5.69 Å². The number of anilines is 1. The van der Waals surface area contributed by atoms with E-state index in [1.807, 2.05) is 31.3 Å². The Morgan fingerprint density at radius 3 is 2.81 bits per heavy atom. The molecule has 5 nitrogen and oxygen atoms in total. The molecule has 1 aliphatic heterocycles. The summed E-state index contributed by atoms with van der Waals surface area (Å²) in [6.45, 7) is 2.14. The second kappa shape index (κ2) is 5.39. The van der Waals surface area contributed by atoms with Gasteiger partial charge in [0.2, 0.25) is 5.91 Å². The van der Waals surface area contributed by atoms with Crippen molar-refractivity contribution >= 4 is 17.5 Å². The third-order valence-electron chi connectivity index (χ3n) is 4.11. The Morgan fingerprint density at radius 1 is 1.38 bits per heavy atom. The second-order valence-corrected chi connectivity index (χ2v) is 5.70. The number of para-hydroxylation sites is 2. The van der Waals surface area contributed by atoms with E-state index in [4.69, 9.17) is 4.74 Å². The van der Waals surface area contributed by atoms with E-state index in [-0.39, 0.29) is 11.8 Å². The quantitative estimate of drug-likeness (QED) is 0.849. The normalized spacial score (nSPS) is 20.8. The first-order valence-electron chi connectivity index (χ1n) is 7.40. The van der Waals surface area contributed by atoms with Crippen molar-refractivity contribution in [3.63, 3.8) is 0 Å². The lowest BCUT2D eigenvalue weighted by atomic mass is 10.1. The van der Waals surface area contributed by atoms with Gasteiger partial charge in [-0.2, -0.15) is 0 Å². The summed E-state index contributed by atoms with van der Waals surface area (Å²) < 4.78 is 5.59. The minimum atomic E-state index is -0.504. The van der Waals surface area contributed by atoms with Gasteiger partial charge in [-0.1, -0.05) is 12.1 Å². The summed E-state index contributed by atoms with van der Waals surface area (Å²) in [6.07, 6.45) is 2.04. The van der Waals surface area contributed by atoms with Crippen molar-refractivity contribution in [1.29, 1.82) is 0 Å². The fourth-order valence-corrected chi connectivity index (χ4v) is 2.64. The van der Waals surface area contributed by atoms with E-state index in [0.29, 0.717) is 24.8 Å². The van der Waals surface area contributed by atoms with Gasteiger partial charge in [-0.3, -0.25) is 9.59 Å². The molecule has 0 bridgehead atoms. The van der Waals surface area contributed by atoms with Crippen molar-refractivity contribution in [1.82, 2.24) is 4.90 Å². The molecule has 1 aromatic rings. The maximum atomic E-state index is 12.3. The maximum Gasteiger partial charge on any atom is 0.267 e. The van der Waals surface area contributed by atoms with E-state index >= 15 is 0 Å². The predicted molar refractivity (Wildman–Crippen MR) is 79.3 cm³/mol. The SMILES string of the molecule is C[C@@H]1Oc2ccccc2N(CCC(=O)N(C)C2CC2)C1=O. The van der Waals surface area contributed by atoms with Gasteiger partial charge in [-0.05, 0) is 31.9 Å². The fourth-order valence-electron chi connectivity index (χ4n) is 2.64. The van der Waals surface area contributed by atoms with Crippen LogP contribution in [-0.2, 0) is 9.59 Å². The zero-order valence-electron chi connectivity index (χ0n) is 12.4. The Balaban J connectivity index is 1.71. The zero-order chi connectivity index (χ0) is 15.0. The van der Waals surface area contributed by atoms with Crippen LogP contribution in [0.1, 0.15) is 26.2 Å². The third-order valence-corrected chi connectivity index (χ3v) is 4.11. The highest BCUT2D eigenvalue weighted by atomic mass is 16.5. The minimum absolute atomic E-state index is 0.0874. The molecule has 2 aliphatic rings. The Kier molecular flexibility index (Phi) is 3.57. The van der Waals surface area contributed by atoms with Crippen LogP contribution in [0.4, 0.5) is 5.69 Å². The molecule has 1 aliphatic carbocycles. The number of carbonyl (C=O) groups is 2. The molecule has 0 saturated heterocycles. The van der Waals surface area contributed by atoms with Gasteiger partial charge in [-0.25, -0.2) is 0 Å². The summed E-state index contributed by atoms with van der Waals surface area (Å²) in [5.41, 5.74) is 0.752. The Labute approximate surface area is 124 Å². The topological polar surface area (TPSA) is 49.9 Å². The van der Waals surface area contributed by atoms with Crippen LogP contribution in [0, 0.1) is 0 Å². The Bertz CT molecular complexity index is 568. The van der Waals surface area contributed by atoms with Crippen molar-refractivity contribution in [2.75, 3.05) is 18.5 Å².